The molecule has 0 amide bonds. The number of hydrogen-bond donors (Lipinski definition) is 2. The molecule has 0 spiro atoms. The van der Waals surface area contributed by atoms with Crippen LogP contribution in [0.1, 0.15) is 23.7 Å². The number of thiocarbonyl (C=S) groups is 1. The summed E-state index contributed by atoms with van der Waals surface area (Å²) in [6.07, 6.45) is 3.39. The predicted octanol–water partition coefficient (Wildman–Crippen LogP) is 1.74. The molecule has 0 aliphatic heterocycles. The molecule has 2 aromatic rings. The van der Waals surface area contributed by atoms with Gasteiger partial charge in [0.05, 0.1) is 6.04 Å². The van der Waals surface area contributed by atoms with Gasteiger partial charge in [-0.2, -0.15) is 0 Å². The zero-order valence-electron chi connectivity index (χ0n) is 9.12. The van der Waals surface area contributed by atoms with E-state index in [0.29, 0.717) is 11.6 Å². The summed E-state index contributed by atoms with van der Waals surface area (Å²) < 4.78 is 0. The Morgan fingerprint density at radius 2 is 2.29 bits per heavy atom. The van der Waals surface area contributed by atoms with Crippen molar-refractivity contribution in [2.45, 2.75) is 13.0 Å². The molecular weight excluding hydrogens is 254 g/mol. The maximum atomic E-state index is 5.51. The van der Waals surface area contributed by atoms with Crippen LogP contribution < -0.4 is 11.1 Å². The van der Waals surface area contributed by atoms with Gasteiger partial charge in [-0.05, 0) is 13.0 Å². The van der Waals surface area contributed by atoms with Crippen LogP contribution in [0.3, 0.4) is 0 Å². The molecule has 1 atom stereocenters. The van der Waals surface area contributed by atoms with E-state index in [-0.39, 0.29) is 11.0 Å². The van der Waals surface area contributed by atoms with Gasteiger partial charge in [-0.1, -0.05) is 12.2 Å². The van der Waals surface area contributed by atoms with Gasteiger partial charge in [0.2, 0.25) is 5.95 Å². The average Bonchev–Trinajstić information content (AvgIpc) is 2.82. The SMILES string of the molecule is CC(Nc1nccc(C(N)=S)n1)c1nccs1. The highest BCUT2D eigenvalue weighted by Crippen LogP contribution is 2.18. The lowest BCUT2D eigenvalue weighted by Gasteiger charge is -2.11. The molecule has 5 nitrogen and oxygen atoms in total. The summed E-state index contributed by atoms with van der Waals surface area (Å²) in [6.45, 7) is 2.00. The smallest absolute Gasteiger partial charge is 0.223 e. The van der Waals surface area contributed by atoms with Crippen LogP contribution in [0.25, 0.3) is 0 Å². The number of anilines is 1. The highest BCUT2D eigenvalue weighted by molar-refractivity contribution is 7.80. The first-order chi connectivity index (χ1) is 8.16. The van der Waals surface area contributed by atoms with E-state index in [9.17, 15) is 0 Å². The Hall–Kier alpha value is -1.60. The molecule has 0 bridgehead atoms. The van der Waals surface area contributed by atoms with Crippen LogP contribution in [0.2, 0.25) is 0 Å². The average molecular weight is 265 g/mol. The lowest BCUT2D eigenvalue weighted by atomic mass is 10.3. The van der Waals surface area contributed by atoms with Gasteiger partial charge in [0.25, 0.3) is 0 Å². The number of nitrogens with two attached hydrogens (primary N) is 1. The molecule has 0 aromatic carbocycles. The third-order valence-electron chi connectivity index (χ3n) is 2.08. The standard InChI is InChI=1S/C10H11N5S2/c1-6(9-12-4-5-17-9)14-10-13-3-2-7(15-10)8(11)16/h2-6H,1H3,(H2,11,16)(H,13,14,15). The summed E-state index contributed by atoms with van der Waals surface area (Å²) in [7, 11) is 0. The molecule has 0 aliphatic carbocycles. The first kappa shape index (κ1) is 11.9. The summed E-state index contributed by atoms with van der Waals surface area (Å²) in [5, 5.41) is 6.06. The molecule has 0 radical (unpaired) electrons. The molecule has 2 heterocycles. The van der Waals surface area contributed by atoms with Crippen molar-refractivity contribution in [1.82, 2.24) is 15.0 Å². The lowest BCUT2D eigenvalue weighted by molar-refractivity contribution is 0.847. The molecule has 1 unspecified atom stereocenters. The number of aromatic nitrogens is 3. The Morgan fingerprint density at radius 1 is 1.47 bits per heavy atom. The largest absolute Gasteiger partial charge is 0.388 e. The van der Waals surface area contributed by atoms with Crippen LogP contribution in [0.5, 0.6) is 0 Å². The third kappa shape index (κ3) is 2.95. The first-order valence-corrected chi connectivity index (χ1v) is 6.24. The summed E-state index contributed by atoms with van der Waals surface area (Å²) in [6, 6.07) is 1.73. The van der Waals surface area contributed by atoms with Crippen LogP contribution in [0.15, 0.2) is 23.8 Å². The van der Waals surface area contributed by atoms with E-state index in [1.54, 1.807) is 29.8 Å². The van der Waals surface area contributed by atoms with Crippen molar-refractivity contribution in [1.29, 1.82) is 0 Å². The molecule has 0 saturated heterocycles. The zero-order chi connectivity index (χ0) is 12.3. The Kier molecular flexibility index (Phi) is 3.60. The quantitative estimate of drug-likeness (QED) is 0.820. The van der Waals surface area contributed by atoms with E-state index in [1.165, 1.54) is 0 Å². The monoisotopic (exact) mass is 265 g/mol. The van der Waals surface area contributed by atoms with Crippen molar-refractivity contribution < 1.29 is 0 Å². The van der Waals surface area contributed by atoms with E-state index < -0.39 is 0 Å². The van der Waals surface area contributed by atoms with Crippen LogP contribution >= 0.6 is 23.6 Å². The highest BCUT2D eigenvalue weighted by atomic mass is 32.1. The molecule has 0 fully saturated rings. The fourth-order valence-corrected chi connectivity index (χ4v) is 2.03. The highest BCUT2D eigenvalue weighted by Gasteiger charge is 2.09. The summed E-state index contributed by atoms with van der Waals surface area (Å²) in [4.78, 5) is 12.8. The summed E-state index contributed by atoms with van der Waals surface area (Å²) in [5.41, 5.74) is 6.07. The normalized spacial score (nSPS) is 12.1. The van der Waals surface area contributed by atoms with Gasteiger partial charge in [0, 0.05) is 17.8 Å². The minimum atomic E-state index is 0.0524. The second kappa shape index (κ2) is 5.15. The van der Waals surface area contributed by atoms with Crippen molar-refractivity contribution >= 4 is 34.5 Å². The molecule has 0 aliphatic rings. The van der Waals surface area contributed by atoms with Crippen LogP contribution in [0.4, 0.5) is 5.95 Å². The molecular formula is C10H11N5S2. The van der Waals surface area contributed by atoms with Gasteiger partial charge in [-0.3, -0.25) is 0 Å². The lowest BCUT2D eigenvalue weighted by Crippen LogP contribution is -2.15. The molecule has 17 heavy (non-hydrogen) atoms. The molecule has 88 valence electrons. The van der Waals surface area contributed by atoms with Crippen LogP contribution in [-0.4, -0.2) is 19.9 Å². The van der Waals surface area contributed by atoms with Gasteiger partial charge >= 0.3 is 0 Å². The van der Waals surface area contributed by atoms with Crippen molar-refractivity contribution in [2.24, 2.45) is 5.73 Å². The fourth-order valence-electron chi connectivity index (χ4n) is 1.27. The topological polar surface area (TPSA) is 76.7 Å². The van der Waals surface area contributed by atoms with E-state index >= 15 is 0 Å². The van der Waals surface area contributed by atoms with Gasteiger partial charge in [-0.15, -0.1) is 11.3 Å². The number of thiazole rings is 1. The first-order valence-electron chi connectivity index (χ1n) is 4.95. The zero-order valence-corrected chi connectivity index (χ0v) is 10.8. The molecule has 7 heteroatoms. The molecule has 0 saturated carbocycles. The number of nitrogens with zero attached hydrogens (tertiary/aromatic N) is 3. The maximum Gasteiger partial charge on any atom is 0.223 e. The Morgan fingerprint density at radius 3 is 2.94 bits per heavy atom. The van der Waals surface area contributed by atoms with Gasteiger partial charge < -0.3 is 11.1 Å². The Balaban J connectivity index is 2.13. The minimum absolute atomic E-state index is 0.0524. The predicted molar refractivity (Wildman–Crippen MR) is 72.1 cm³/mol. The van der Waals surface area contributed by atoms with E-state index in [2.05, 4.69) is 20.3 Å². The van der Waals surface area contributed by atoms with E-state index in [4.69, 9.17) is 18.0 Å². The van der Waals surface area contributed by atoms with Crippen molar-refractivity contribution in [3.8, 4) is 0 Å². The summed E-state index contributed by atoms with van der Waals surface area (Å²) >= 11 is 6.45. The van der Waals surface area contributed by atoms with Crippen molar-refractivity contribution in [3.05, 3.63) is 34.5 Å². The summed E-state index contributed by atoms with van der Waals surface area (Å²) in [5.74, 6) is 0.498. The van der Waals surface area contributed by atoms with Gasteiger partial charge in [0.1, 0.15) is 15.7 Å². The van der Waals surface area contributed by atoms with Crippen molar-refractivity contribution in [3.63, 3.8) is 0 Å². The van der Waals surface area contributed by atoms with Gasteiger partial charge in [-0.25, -0.2) is 15.0 Å². The number of hydrogen-bond acceptors (Lipinski definition) is 6. The minimum Gasteiger partial charge on any atom is -0.388 e. The fraction of sp³-hybridized carbons (Fsp3) is 0.200. The second-order valence-electron chi connectivity index (χ2n) is 3.37. The van der Waals surface area contributed by atoms with E-state index in [0.717, 1.165) is 5.01 Å². The second-order valence-corrected chi connectivity index (χ2v) is 4.73. The maximum absolute atomic E-state index is 5.51. The molecule has 3 N–H and O–H groups in total. The van der Waals surface area contributed by atoms with Crippen molar-refractivity contribution in [2.75, 3.05) is 5.32 Å². The third-order valence-corrected chi connectivity index (χ3v) is 3.24. The van der Waals surface area contributed by atoms with Crippen LogP contribution in [0, 0.1) is 0 Å². The Bertz CT molecular complexity index is 511. The van der Waals surface area contributed by atoms with Crippen LogP contribution in [-0.2, 0) is 0 Å². The van der Waals surface area contributed by atoms with E-state index in [1.807, 2.05) is 12.3 Å². The molecule has 2 rings (SSSR count). The number of rotatable bonds is 4. The van der Waals surface area contributed by atoms with Gasteiger partial charge in [0.15, 0.2) is 0 Å². The Labute approximate surface area is 108 Å². The number of nitrogens with one attached hydrogen (secondary N) is 1. The molecule has 2 aromatic heterocycles.